The van der Waals surface area contributed by atoms with Crippen LogP contribution < -0.4 is 10.1 Å². The zero-order valence-corrected chi connectivity index (χ0v) is 12.6. The molecule has 0 radical (unpaired) electrons. The minimum atomic E-state index is 0.105. The largest absolute Gasteiger partial charge is 0.495 e. The molecule has 4 heteroatoms. The Labute approximate surface area is 118 Å². The van der Waals surface area contributed by atoms with Crippen LogP contribution in [-0.4, -0.2) is 17.2 Å². The Hall–Kier alpha value is -1.19. The van der Waals surface area contributed by atoms with E-state index in [1.165, 1.54) is 11.3 Å². The molecule has 1 aliphatic rings. The number of nitrogens with one attached hydrogen (secondary N) is 1. The summed E-state index contributed by atoms with van der Waals surface area (Å²) in [6, 6.07) is 3.87. The van der Waals surface area contributed by atoms with Gasteiger partial charge in [-0.25, -0.2) is 0 Å². The summed E-state index contributed by atoms with van der Waals surface area (Å²) < 4.78 is 7.70. The van der Waals surface area contributed by atoms with Gasteiger partial charge in [-0.05, 0) is 38.0 Å². The average molecular weight is 279 g/mol. The van der Waals surface area contributed by atoms with Crippen LogP contribution in [0.15, 0.2) is 12.1 Å². The van der Waals surface area contributed by atoms with Crippen LogP contribution in [0.25, 0.3) is 10.9 Å². The van der Waals surface area contributed by atoms with Crippen molar-refractivity contribution in [2.45, 2.75) is 32.4 Å². The van der Waals surface area contributed by atoms with Gasteiger partial charge in [0.15, 0.2) is 0 Å². The highest BCUT2D eigenvalue weighted by Gasteiger charge is 2.30. The summed E-state index contributed by atoms with van der Waals surface area (Å²) in [6.45, 7) is 5.32. The van der Waals surface area contributed by atoms with Crippen LogP contribution in [-0.2, 0) is 20.0 Å². The van der Waals surface area contributed by atoms with Crippen molar-refractivity contribution in [3.63, 3.8) is 0 Å². The van der Waals surface area contributed by atoms with E-state index in [-0.39, 0.29) is 5.54 Å². The van der Waals surface area contributed by atoms with Gasteiger partial charge < -0.3 is 14.6 Å². The molecule has 0 fully saturated rings. The van der Waals surface area contributed by atoms with E-state index in [9.17, 15) is 0 Å². The molecule has 102 valence electrons. The molecule has 1 aromatic carbocycles. The van der Waals surface area contributed by atoms with E-state index >= 15 is 0 Å². The highest BCUT2D eigenvalue weighted by atomic mass is 35.5. The molecule has 0 unspecified atom stereocenters. The van der Waals surface area contributed by atoms with Crippen LogP contribution in [0, 0.1) is 0 Å². The van der Waals surface area contributed by atoms with Crippen molar-refractivity contribution in [1.29, 1.82) is 0 Å². The summed E-state index contributed by atoms with van der Waals surface area (Å²) in [5.41, 5.74) is 3.86. The first-order valence-corrected chi connectivity index (χ1v) is 6.90. The van der Waals surface area contributed by atoms with Crippen molar-refractivity contribution in [3.05, 3.63) is 28.4 Å². The van der Waals surface area contributed by atoms with E-state index in [0.29, 0.717) is 0 Å². The first-order valence-electron chi connectivity index (χ1n) is 6.52. The number of methoxy groups -OCH3 is 1. The van der Waals surface area contributed by atoms with Gasteiger partial charge in [0.1, 0.15) is 5.75 Å². The van der Waals surface area contributed by atoms with Crippen molar-refractivity contribution < 1.29 is 4.74 Å². The van der Waals surface area contributed by atoms with Crippen LogP contribution >= 0.6 is 11.6 Å². The quantitative estimate of drug-likeness (QED) is 0.866. The highest BCUT2D eigenvalue weighted by Crippen LogP contribution is 2.40. The number of benzene rings is 1. The van der Waals surface area contributed by atoms with E-state index in [4.69, 9.17) is 16.3 Å². The summed E-state index contributed by atoms with van der Waals surface area (Å²) in [6.07, 6.45) is 0.979. The summed E-state index contributed by atoms with van der Waals surface area (Å²) >= 11 is 6.44. The van der Waals surface area contributed by atoms with Gasteiger partial charge in [-0.2, -0.15) is 0 Å². The number of nitrogens with zero attached hydrogens (tertiary/aromatic N) is 1. The molecule has 3 rings (SSSR count). The monoisotopic (exact) mass is 278 g/mol. The van der Waals surface area contributed by atoms with E-state index in [1.54, 1.807) is 7.11 Å². The van der Waals surface area contributed by atoms with E-state index in [2.05, 4.69) is 30.8 Å². The first-order chi connectivity index (χ1) is 8.94. The van der Waals surface area contributed by atoms with E-state index in [1.807, 2.05) is 12.1 Å². The third-order valence-electron chi connectivity index (χ3n) is 4.05. The lowest BCUT2D eigenvalue weighted by atomic mass is 9.89. The van der Waals surface area contributed by atoms with Gasteiger partial charge in [-0.15, -0.1) is 0 Å². The maximum atomic E-state index is 6.44. The number of hydrogen-bond acceptors (Lipinski definition) is 2. The summed E-state index contributed by atoms with van der Waals surface area (Å²) in [5, 5.41) is 5.53. The molecule has 0 spiro atoms. The third-order valence-corrected chi connectivity index (χ3v) is 4.37. The van der Waals surface area contributed by atoms with E-state index < -0.39 is 0 Å². The SMILES string of the molecule is COc1ccc(Cl)c2c3c(n(C)c12)CNC(C)(C)C3. The number of aromatic nitrogens is 1. The normalized spacial score (nSPS) is 17.5. The Morgan fingerprint density at radius 3 is 2.79 bits per heavy atom. The summed E-state index contributed by atoms with van der Waals surface area (Å²) in [7, 11) is 3.79. The molecule has 1 aliphatic heterocycles. The molecule has 0 saturated carbocycles. The molecule has 1 N–H and O–H groups in total. The molecule has 0 atom stereocenters. The second-order valence-electron chi connectivity index (χ2n) is 5.87. The second kappa shape index (κ2) is 4.15. The Morgan fingerprint density at radius 2 is 2.11 bits per heavy atom. The molecule has 2 aromatic rings. The maximum absolute atomic E-state index is 6.44. The summed E-state index contributed by atoms with van der Waals surface area (Å²) in [4.78, 5) is 0. The predicted molar refractivity (Wildman–Crippen MR) is 79.1 cm³/mol. The second-order valence-corrected chi connectivity index (χ2v) is 6.28. The number of aryl methyl sites for hydroxylation is 1. The highest BCUT2D eigenvalue weighted by molar-refractivity contribution is 6.36. The number of ether oxygens (including phenoxy) is 1. The third kappa shape index (κ3) is 1.84. The Balaban J connectivity index is 2.37. The number of halogens is 1. The molecule has 0 amide bonds. The van der Waals surface area contributed by atoms with Crippen molar-refractivity contribution in [1.82, 2.24) is 9.88 Å². The molecule has 0 saturated heterocycles. The average Bonchev–Trinajstić information content (AvgIpc) is 2.63. The molecule has 3 nitrogen and oxygen atoms in total. The number of rotatable bonds is 1. The fourth-order valence-corrected chi connectivity index (χ4v) is 3.32. The fraction of sp³-hybridized carbons (Fsp3) is 0.467. The van der Waals surface area contributed by atoms with Crippen molar-refractivity contribution in [2.75, 3.05) is 7.11 Å². The number of hydrogen-bond donors (Lipinski definition) is 1. The molecule has 0 bridgehead atoms. The number of fused-ring (bicyclic) bond motifs is 3. The lowest BCUT2D eigenvalue weighted by molar-refractivity contribution is 0.357. The fourth-order valence-electron chi connectivity index (χ4n) is 3.06. The first kappa shape index (κ1) is 12.8. The van der Waals surface area contributed by atoms with Gasteiger partial charge in [-0.3, -0.25) is 0 Å². The topological polar surface area (TPSA) is 26.2 Å². The minimum Gasteiger partial charge on any atom is -0.495 e. The maximum Gasteiger partial charge on any atom is 0.143 e. The lowest BCUT2D eigenvalue weighted by Crippen LogP contribution is -2.44. The molecular weight excluding hydrogens is 260 g/mol. The Kier molecular flexibility index (Phi) is 2.80. The lowest BCUT2D eigenvalue weighted by Gasteiger charge is -2.32. The molecule has 0 aliphatic carbocycles. The van der Waals surface area contributed by atoms with Gasteiger partial charge in [0.05, 0.1) is 17.6 Å². The summed E-state index contributed by atoms with van der Waals surface area (Å²) in [5.74, 6) is 0.883. The smallest absolute Gasteiger partial charge is 0.143 e. The predicted octanol–water partition coefficient (Wildman–Crippen LogP) is 3.26. The zero-order chi connectivity index (χ0) is 13.8. The van der Waals surface area contributed by atoms with Gasteiger partial charge in [0.25, 0.3) is 0 Å². The Bertz CT molecular complexity index is 658. The van der Waals surface area contributed by atoms with Crippen molar-refractivity contribution in [3.8, 4) is 5.75 Å². The van der Waals surface area contributed by atoms with Crippen LogP contribution in [0.1, 0.15) is 25.1 Å². The van der Waals surface area contributed by atoms with Crippen LogP contribution in [0.5, 0.6) is 5.75 Å². The van der Waals surface area contributed by atoms with E-state index in [0.717, 1.165) is 34.6 Å². The molecular formula is C15H19ClN2O. The Morgan fingerprint density at radius 1 is 1.37 bits per heavy atom. The van der Waals surface area contributed by atoms with Gasteiger partial charge >= 0.3 is 0 Å². The van der Waals surface area contributed by atoms with Crippen LogP contribution in [0.2, 0.25) is 5.02 Å². The zero-order valence-electron chi connectivity index (χ0n) is 11.8. The van der Waals surface area contributed by atoms with Gasteiger partial charge in [-0.1, -0.05) is 11.6 Å². The minimum absolute atomic E-state index is 0.105. The van der Waals surface area contributed by atoms with Gasteiger partial charge in [0, 0.05) is 30.2 Å². The molecule has 2 heterocycles. The molecule has 1 aromatic heterocycles. The van der Waals surface area contributed by atoms with Gasteiger partial charge in [0.2, 0.25) is 0 Å². The van der Waals surface area contributed by atoms with Crippen LogP contribution in [0.3, 0.4) is 0 Å². The van der Waals surface area contributed by atoms with Crippen molar-refractivity contribution in [2.24, 2.45) is 7.05 Å². The molecule has 19 heavy (non-hydrogen) atoms. The van der Waals surface area contributed by atoms with Crippen LogP contribution in [0.4, 0.5) is 0 Å². The standard InChI is InChI=1S/C15H19ClN2O/c1-15(2)7-9-11(8-17-15)18(3)14-12(19-4)6-5-10(16)13(9)14/h5-6,17H,7-8H2,1-4H3. The van der Waals surface area contributed by atoms with Crippen molar-refractivity contribution >= 4 is 22.5 Å².